The molecule has 0 N–H and O–H groups in total. The third-order valence-electron chi connectivity index (χ3n) is 2.27. The highest BCUT2D eigenvalue weighted by molar-refractivity contribution is 5.93. The average molecular weight is 221 g/mol. The number of hydrogen-bond donors (Lipinski definition) is 0. The van der Waals surface area contributed by atoms with Crippen molar-refractivity contribution in [1.82, 2.24) is 4.98 Å². The molecule has 0 saturated heterocycles. The number of nitrogens with zero attached hydrogens (tertiary/aromatic N) is 1. The molecule has 0 spiro atoms. The van der Waals surface area contributed by atoms with E-state index in [-0.39, 0.29) is 11.9 Å². The Hall–Kier alpha value is -1.38. The Labute approximate surface area is 96.8 Å². The Balaban J connectivity index is 2.58. The first kappa shape index (κ1) is 12.7. The minimum Gasteiger partial charge on any atom is -0.475 e. The molecule has 0 aliphatic carbocycles. The molecule has 0 bridgehead atoms. The third kappa shape index (κ3) is 4.01. The molecule has 1 aromatic rings. The lowest BCUT2D eigenvalue weighted by Gasteiger charge is -2.15. The Morgan fingerprint density at radius 2 is 2.06 bits per heavy atom. The van der Waals surface area contributed by atoms with Crippen molar-refractivity contribution in [2.24, 2.45) is 5.92 Å². The molecular formula is C13H19NO2. The van der Waals surface area contributed by atoms with Gasteiger partial charge in [0.2, 0.25) is 5.88 Å². The predicted octanol–water partition coefficient (Wildman–Crippen LogP) is 3.10. The molecule has 1 heterocycles. The van der Waals surface area contributed by atoms with E-state index in [9.17, 15) is 4.79 Å². The smallest absolute Gasteiger partial charge is 0.213 e. The summed E-state index contributed by atoms with van der Waals surface area (Å²) in [5, 5.41) is 0. The van der Waals surface area contributed by atoms with E-state index in [1.54, 1.807) is 18.3 Å². The van der Waals surface area contributed by atoms with Crippen LogP contribution in [0, 0.1) is 5.92 Å². The normalized spacial score (nSPS) is 12.6. The number of Topliss-reactive ketones (excluding diaryl/α,β-unsaturated/α-hetero) is 1. The van der Waals surface area contributed by atoms with Crippen LogP contribution in [0.5, 0.6) is 5.88 Å². The van der Waals surface area contributed by atoms with Crippen LogP contribution in [-0.2, 0) is 0 Å². The van der Waals surface area contributed by atoms with Gasteiger partial charge in [0.15, 0.2) is 5.78 Å². The van der Waals surface area contributed by atoms with Crippen LogP contribution in [-0.4, -0.2) is 16.9 Å². The van der Waals surface area contributed by atoms with Gasteiger partial charge in [-0.2, -0.15) is 0 Å². The van der Waals surface area contributed by atoms with Gasteiger partial charge in [0.05, 0.1) is 6.10 Å². The van der Waals surface area contributed by atoms with Crippen LogP contribution in [0.2, 0.25) is 0 Å². The monoisotopic (exact) mass is 221 g/mol. The zero-order chi connectivity index (χ0) is 12.1. The van der Waals surface area contributed by atoms with Crippen molar-refractivity contribution in [3.05, 3.63) is 23.9 Å². The van der Waals surface area contributed by atoms with Gasteiger partial charge in [0.1, 0.15) is 0 Å². The molecular weight excluding hydrogens is 202 g/mol. The first-order valence-corrected chi connectivity index (χ1v) is 5.62. The van der Waals surface area contributed by atoms with E-state index in [2.05, 4.69) is 18.8 Å². The maximum atomic E-state index is 11.0. The molecule has 0 radical (unpaired) electrons. The summed E-state index contributed by atoms with van der Waals surface area (Å²) in [6, 6.07) is 3.49. The molecule has 16 heavy (non-hydrogen) atoms. The Kier molecular flexibility index (Phi) is 4.47. The lowest BCUT2D eigenvalue weighted by Crippen LogP contribution is -2.15. The van der Waals surface area contributed by atoms with Crippen LogP contribution in [0.1, 0.15) is 44.5 Å². The van der Waals surface area contributed by atoms with Crippen molar-refractivity contribution < 1.29 is 9.53 Å². The number of ether oxygens (including phenoxy) is 1. The fourth-order valence-corrected chi connectivity index (χ4v) is 1.58. The van der Waals surface area contributed by atoms with E-state index < -0.39 is 0 Å². The van der Waals surface area contributed by atoms with E-state index in [1.165, 1.54) is 6.92 Å². The summed E-state index contributed by atoms with van der Waals surface area (Å²) in [5.41, 5.74) is 0.615. The molecule has 0 fully saturated rings. The number of hydrogen-bond acceptors (Lipinski definition) is 3. The molecule has 3 heteroatoms. The Morgan fingerprint density at radius 3 is 2.50 bits per heavy atom. The summed E-state index contributed by atoms with van der Waals surface area (Å²) in [7, 11) is 0. The van der Waals surface area contributed by atoms with Gasteiger partial charge >= 0.3 is 0 Å². The van der Waals surface area contributed by atoms with E-state index in [0.29, 0.717) is 17.4 Å². The molecule has 1 atom stereocenters. The zero-order valence-electron chi connectivity index (χ0n) is 10.4. The van der Waals surface area contributed by atoms with E-state index in [0.717, 1.165) is 6.42 Å². The largest absolute Gasteiger partial charge is 0.475 e. The van der Waals surface area contributed by atoms with Crippen LogP contribution < -0.4 is 4.74 Å². The van der Waals surface area contributed by atoms with Crippen molar-refractivity contribution >= 4 is 5.78 Å². The van der Waals surface area contributed by atoms with Crippen molar-refractivity contribution in [2.75, 3.05) is 0 Å². The summed E-state index contributed by atoms with van der Waals surface area (Å²) in [6.07, 6.45) is 2.70. The Morgan fingerprint density at radius 1 is 1.38 bits per heavy atom. The minimum absolute atomic E-state index is 0.0225. The van der Waals surface area contributed by atoms with Gasteiger partial charge in [-0.25, -0.2) is 4.98 Å². The number of carbonyl (C=O) groups excluding carboxylic acids is 1. The summed E-state index contributed by atoms with van der Waals surface area (Å²) < 4.78 is 5.64. The SMILES string of the molecule is CC(=O)c1ccc(OC(C)CC(C)C)nc1. The van der Waals surface area contributed by atoms with Crippen molar-refractivity contribution in [2.45, 2.75) is 40.2 Å². The first-order valence-electron chi connectivity index (χ1n) is 5.62. The lowest BCUT2D eigenvalue weighted by atomic mass is 10.1. The second-order valence-corrected chi connectivity index (χ2v) is 4.50. The van der Waals surface area contributed by atoms with Crippen LogP contribution >= 0.6 is 0 Å². The number of pyridine rings is 1. The average Bonchev–Trinajstić information content (AvgIpc) is 2.16. The lowest BCUT2D eigenvalue weighted by molar-refractivity contribution is 0.101. The van der Waals surface area contributed by atoms with Crippen molar-refractivity contribution in [3.8, 4) is 5.88 Å². The molecule has 3 nitrogen and oxygen atoms in total. The van der Waals surface area contributed by atoms with Crippen LogP contribution in [0.3, 0.4) is 0 Å². The summed E-state index contributed by atoms with van der Waals surface area (Å²) >= 11 is 0. The molecule has 1 aromatic heterocycles. The highest BCUT2D eigenvalue weighted by Gasteiger charge is 2.08. The summed E-state index contributed by atoms with van der Waals surface area (Å²) in [4.78, 5) is 15.1. The summed E-state index contributed by atoms with van der Waals surface area (Å²) in [6.45, 7) is 7.87. The standard InChI is InChI=1S/C13H19NO2/c1-9(2)7-10(3)16-13-6-5-12(8-14-13)11(4)15/h5-6,8-10H,7H2,1-4H3. The maximum Gasteiger partial charge on any atom is 0.213 e. The molecule has 0 saturated carbocycles. The number of ketones is 1. The van der Waals surface area contributed by atoms with Crippen LogP contribution in [0.25, 0.3) is 0 Å². The molecule has 1 rings (SSSR count). The van der Waals surface area contributed by atoms with Gasteiger partial charge in [0.25, 0.3) is 0 Å². The van der Waals surface area contributed by atoms with Crippen molar-refractivity contribution in [1.29, 1.82) is 0 Å². The second kappa shape index (κ2) is 5.64. The van der Waals surface area contributed by atoms with Gasteiger partial charge in [-0.3, -0.25) is 4.79 Å². The molecule has 0 aromatic carbocycles. The van der Waals surface area contributed by atoms with Gasteiger partial charge < -0.3 is 4.74 Å². The summed E-state index contributed by atoms with van der Waals surface area (Å²) in [5.74, 6) is 1.21. The molecule has 0 aliphatic rings. The van der Waals surface area contributed by atoms with Gasteiger partial charge in [-0.1, -0.05) is 13.8 Å². The fraction of sp³-hybridized carbons (Fsp3) is 0.538. The van der Waals surface area contributed by atoms with Crippen molar-refractivity contribution in [3.63, 3.8) is 0 Å². The number of aromatic nitrogens is 1. The van der Waals surface area contributed by atoms with Gasteiger partial charge in [0, 0.05) is 17.8 Å². The zero-order valence-corrected chi connectivity index (χ0v) is 10.4. The molecule has 1 unspecified atom stereocenters. The second-order valence-electron chi connectivity index (χ2n) is 4.50. The third-order valence-corrected chi connectivity index (χ3v) is 2.27. The highest BCUT2D eigenvalue weighted by Crippen LogP contribution is 2.13. The Bertz CT molecular complexity index is 343. The van der Waals surface area contributed by atoms with Crippen LogP contribution in [0.4, 0.5) is 0 Å². The molecule has 0 aliphatic heterocycles. The minimum atomic E-state index is 0.0225. The van der Waals surface area contributed by atoms with E-state index in [1.807, 2.05) is 6.92 Å². The predicted molar refractivity (Wildman–Crippen MR) is 63.8 cm³/mol. The van der Waals surface area contributed by atoms with Gasteiger partial charge in [-0.05, 0) is 32.3 Å². The van der Waals surface area contributed by atoms with Gasteiger partial charge in [-0.15, -0.1) is 0 Å². The quantitative estimate of drug-likeness (QED) is 0.717. The number of carbonyl (C=O) groups is 1. The van der Waals surface area contributed by atoms with E-state index >= 15 is 0 Å². The van der Waals surface area contributed by atoms with Crippen LogP contribution in [0.15, 0.2) is 18.3 Å². The highest BCUT2D eigenvalue weighted by atomic mass is 16.5. The maximum absolute atomic E-state index is 11.0. The molecule has 88 valence electrons. The van der Waals surface area contributed by atoms with E-state index in [4.69, 9.17) is 4.74 Å². The fourth-order valence-electron chi connectivity index (χ4n) is 1.58. The topological polar surface area (TPSA) is 39.2 Å². The first-order chi connectivity index (χ1) is 7.49. The number of rotatable bonds is 5. The molecule has 0 amide bonds.